The molecule has 0 spiro atoms. The zero-order valence-corrected chi connectivity index (χ0v) is 11.6. The van der Waals surface area contributed by atoms with Gasteiger partial charge < -0.3 is 5.32 Å². The van der Waals surface area contributed by atoms with E-state index < -0.39 is 0 Å². The van der Waals surface area contributed by atoms with Crippen LogP contribution in [0.25, 0.3) is 0 Å². The molecule has 0 saturated carbocycles. The Hall–Kier alpha value is -1.38. The molecule has 100 valence electrons. The van der Waals surface area contributed by atoms with Crippen LogP contribution in [0.4, 0.5) is 4.39 Å². The topological polar surface area (TPSA) is 12.0 Å². The molecule has 2 rings (SSSR count). The van der Waals surface area contributed by atoms with Crippen LogP contribution in [0, 0.1) is 5.82 Å². The molecular weight excluding hydrogens is 261 g/mol. The lowest BCUT2D eigenvalue weighted by molar-refractivity contribution is 0.547. The molecule has 1 N–H and O–H groups in total. The molecule has 0 aliphatic heterocycles. The van der Waals surface area contributed by atoms with Crippen molar-refractivity contribution in [2.24, 2.45) is 0 Å². The zero-order valence-electron chi connectivity index (χ0n) is 10.9. The van der Waals surface area contributed by atoms with E-state index in [1.54, 1.807) is 0 Å². The molecule has 1 nitrogen and oxygen atoms in total. The highest BCUT2D eigenvalue weighted by Gasteiger charge is 2.11. The van der Waals surface area contributed by atoms with Crippen molar-refractivity contribution in [3.63, 3.8) is 0 Å². The fraction of sp³-hybridized carbons (Fsp3) is 0.250. The highest BCUT2D eigenvalue weighted by molar-refractivity contribution is 6.30. The normalized spacial score (nSPS) is 12.4. The number of benzene rings is 2. The van der Waals surface area contributed by atoms with Crippen molar-refractivity contribution >= 4 is 11.6 Å². The largest absolute Gasteiger partial charge is 0.310 e. The molecular formula is C16H17ClFN. The van der Waals surface area contributed by atoms with E-state index in [0.717, 1.165) is 23.6 Å². The zero-order chi connectivity index (χ0) is 13.7. The van der Waals surface area contributed by atoms with E-state index in [9.17, 15) is 4.39 Å². The number of hydrogen-bond donors (Lipinski definition) is 1. The maximum absolute atomic E-state index is 13.0. The van der Waals surface area contributed by atoms with Gasteiger partial charge in [0.2, 0.25) is 0 Å². The lowest BCUT2D eigenvalue weighted by Crippen LogP contribution is -2.22. The predicted molar refractivity (Wildman–Crippen MR) is 78.0 cm³/mol. The van der Waals surface area contributed by atoms with Crippen LogP contribution >= 0.6 is 11.6 Å². The van der Waals surface area contributed by atoms with Crippen LogP contribution in [0.3, 0.4) is 0 Å². The van der Waals surface area contributed by atoms with Crippen LogP contribution in [0.1, 0.15) is 24.1 Å². The molecule has 0 aliphatic rings. The summed E-state index contributed by atoms with van der Waals surface area (Å²) in [7, 11) is 0. The summed E-state index contributed by atoms with van der Waals surface area (Å²) in [4.78, 5) is 0. The van der Waals surface area contributed by atoms with E-state index >= 15 is 0 Å². The highest BCUT2D eigenvalue weighted by atomic mass is 35.5. The molecule has 1 atom stereocenters. The predicted octanol–water partition coefficient (Wildman–Crippen LogP) is 4.37. The molecule has 0 saturated heterocycles. The summed E-state index contributed by atoms with van der Waals surface area (Å²) in [6.07, 6.45) is 0.833. The fourth-order valence-corrected chi connectivity index (χ4v) is 2.36. The Morgan fingerprint density at radius 2 is 1.89 bits per heavy atom. The number of nitrogens with one attached hydrogen (secondary N) is 1. The van der Waals surface area contributed by atoms with Crippen molar-refractivity contribution in [3.8, 4) is 0 Å². The Morgan fingerprint density at radius 3 is 2.53 bits per heavy atom. The molecule has 3 heteroatoms. The van der Waals surface area contributed by atoms with E-state index in [1.165, 1.54) is 17.7 Å². The second-order valence-corrected chi connectivity index (χ2v) is 4.93. The first kappa shape index (κ1) is 14.0. The van der Waals surface area contributed by atoms with Gasteiger partial charge in [0.25, 0.3) is 0 Å². The van der Waals surface area contributed by atoms with Crippen LogP contribution in [0.2, 0.25) is 5.02 Å². The Morgan fingerprint density at radius 1 is 1.16 bits per heavy atom. The van der Waals surface area contributed by atoms with Gasteiger partial charge in [-0.25, -0.2) is 4.39 Å². The summed E-state index contributed by atoms with van der Waals surface area (Å²) in [5, 5.41) is 4.16. The minimum atomic E-state index is -0.207. The average Bonchev–Trinajstić information content (AvgIpc) is 2.39. The summed E-state index contributed by atoms with van der Waals surface area (Å²) in [5.74, 6) is -0.207. The van der Waals surface area contributed by atoms with Crippen LogP contribution in [0.15, 0.2) is 48.5 Å². The summed E-state index contributed by atoms with van der Waals surface area (Å²) in [6, 6.07) is 14.7. The third-order valence-corrected chi connectivity index (χ3v) is 3.29. The third-order valence-electron chi connectivity index (χ3n) is 3.05. The van der Waals surface area contributed by atoms with E-state index in [0.29, 0.717) is 0 Å². The molecule has 0 bridgehead atoms. The van der Waals surface area contributed by atoms with Crippen molar-refractivity contribution in [3.05, 3.63) is 70.5 Å². The Balaban J connectivity index is 2.18. The standard InChI is InChI=1S/C16H17ClFN/c1-2-19-16(13-6-8-15(18)9-7-13)11-12-4-3-5-14(17)10-12/h3-10,16,19H,2,11H2,1H3. The second kappa shape index (κ2) is 6.69. The highest BCUT2D eigenvalue weighted by Crippen LogP contribution is 2.20. The van der Waals surface area contributed by atoms with Gasteiger partial charge >= 0.3 is 0 Å². The second-order valence-electron chi connectivity index (χ2n) is 4.50. The summed E-state index contributed by atoms with van der Waals surface area (Å²) >= 11 is 6.00. The first-order valence-electron chi connectivity index (χ1n) is 6.42. The van der Waals surface area contributed by atoms with Crippen molar-refractivity contribution in [2.75, 3.05) is 6.54 Å². The van der Waals surface area contributed by atoms with E-state index in [-0.39, 0.29) is 11.9 Å². The maximum atomic E-state index is 13.0. The summed E-state index contributed by atoms with van der Waals surface area (Å²) < 4.78 is 13.0. The average molecular weight is 278 g/mol. The lowest BCUT2D eigenvalue weighted by atomic mass is 9.99. The SMILES string of the molecule is CCNC(Cc1cccc(Cl)c1)c1ccc(F)cc1. The monoisotopic (exact) mass is 277 g/mol. The molecule has 0 aliphatic carbocycles. The van der Waals surface area contributed by atoms with Crippen LogP contribution in [-0.4, -0.2) is 6.54 Å². The van der Waals surface area contributed by atoms with E-state index in [2.05, 4.69) is 18.3 Å². The van der Waals surface area contributed by atoms with E-state index in [4.69, 9.17) is 11.6 Å². The number of hydrogen-bond acceptors (Lipinski definition) is 1. The fourth-order valence-electron chi connectivity index (χ4n) is 2.15. The van der Waals surface area contributed by atoms with Gasteiger partial charge in [0.1, 0.15) is 5.82 Å². The van der Waals surface area contributed by atoms with Crippen molar-refractivity contribution < 1.29 is 4.39 Å². The first-order valence-corrected chi connectivity index (χ1v) is 6.80. The van der Waals surface area contributed by atoms with Gasteiger partial charge in [0.15, 0.2) is 0 Å². The molecule has 2 aromatic rings. The van der Waals surface area contributed by atoms with Gasteiger partial charge in [0.05, 0.1) is 0 Å². The quantitative estimate of drug-likeness (QED) is 0.856. The first-order chi connectivity index (χ1) is 9.19. The number of halogens is 2. The van der Waals surface area contributed by atoms with Gasteiger partial charge in [-0.2, -0.15) is 0 Å². The minimum Gasteiger partial charge on any atom is -0.310 e. The smallest absolute Gasteiger partial charge is 0.123 e. The van der Waals surface area contributed by atoms with E-state index in [1.807, 2.05) is 30.3 Å². The molecule has 19 heavy (non-hydrogen) atoms. The maximum Gasteiger partial charge on any atom is 0.123 e. The van der Waals surface area contributed by atoms with Crippen LogP contribution < -0.4 is 5.32 Å². The lowest BCUT2D eigenvalue weighted by Gasteiger charge is -2.18. The van der Waals surface area contributed by atoms with Crippen molar-refractivity contribution in [2.45, 2.75) is 19.4 Å². The summed E-state index contributed by atoms with van der Waals surface area (Å²) in [5.41, 5.74) is 2.26. The molecule has 2 aromatic carbocycles. The third kappa shape index (κ3) is 4.05. The van der Waals surface area contributed by atoms with Gasteiger partial charge in [0, 0.05) is 11.1 Å². The Kier molecular flexibility index (Phi) is 4.94. The molecule has 0 amide bonds. The molecule has 0 heterocycles. The summed E-state index contributed by atoms with van der Waals surface area (Å²) in [6.45, 7) is 2.93. The molecule has 0 aromatic heterocycles. The number of rotatable bonds is 5. The van der Waals surface area contributed by atoms with Crippen molar-refractivity contribution in [1.29, 1.82) is 0 Å². The van der Waals surface area contributed by atoms with Crippen molar-refractivity contribution in [1.82, 2.24) is 5.32 Å². The van der Waals surface area contributed by atoms with Crippen LogP contribution in [0.5, 0.6) is 0 Å². The Bertz CT molecular complexity index is 525. The minimum absolute atomic E-state index is 0.170. The Labute approximate surface area is 118 Å². The van der Waals surface area contributed by atoms with Gasteiger partial charge in [-0.15, -0.1) is 0 Å². The molecule has 1 unspecified atom stereocenters. The van der Waals surface area contributed by atoms with Gasteiger partial charge in [-0.1, -0.05) is 42.8 Å². The molecule has 0 radical (unpaired) electrons. The van der Waals surface area contributed by atoms with Gasteiger partial charge in [-0.05, 0) is 48.4 Å². The van der Waals surface area contributed by atoms with Crippen LogP contribution in [-0.2, 0) is 6.42 Å². The number of likely N-dealkylation sites (N-methyl/N-ethyl adjacent to an activating group) is 1. The molecule has 0 fully saturated rings. The van der Waals surface area contributed by atoms with Gasteiger partial charge in [-0.3, -0.25) is 0 Å².